The zero-order chi connectivity index (χ0) is 34.0. The van der Waals surface area contributed by atoms with Gasteiger partial charge in [-0.15, -0.1) is 0 Å². The lowest BCUT2D eigenvalue weighted by atomic mass is 9.93. The average molecular weight is 650 g/mol. The predicted octanol–water partition coefficient (Wildman–Crippen LogP) is 13.6. The number of benzene rings is 8. The highest BCUT2D eigenvalue weighted by molar-refractivity contribution is 6.07. The van der Waals surface area contributed by atoms with Crippen LogP contribution in [0.25, 0.3) is 83.5 Å². The molecule has 0 saturated heterocycles. The van der Waals surface area contributed by atoms with E-state index in [1.165, 1.54) is 77.8 Å². The number of aromatic nitrogens is 1. The second kappa shape index (κ2) is 13.3. The first-order valence-electron chi connectivity index (χ1n) is 17.5. The second-order valence-corrected chi connectivity index (χ2v) is 13.0. The van der Waals surface area contributed by atoms with Crippen molar-refractivity contribution in [3.63, 3.8) is 0 Å². The van der Waals surface area contributed by atoms with Crippen LogP contribution in [0.1, 0.15) is 0 Å². The van der Waals surface area contributed by atoms with Crippen molar-refractivity contribution in [2.45, 2.75) is 0 Å². The molecule has 1 aromatic heterocycles. The van der Waals surface area contributed by atoms with Crippen molar-refractivity contribution in [2.24, 2.45) is 0 Å². The molecule has 0 amide bonds. The van der Waals surface area contributed by atoms with Crippen LogP contribution in [0.15, 0.2) is 212 Å². The number of rotatable bonds is 7. The van der Waals surface area contributed by atoms with Crippen LogP contribution in [0.4, 0.5) is 0 Å². The van der Waals surface area contributed by atoms with Crippen LogP contribution in [0.2, 0.25) is 0 Å². The fraction of sp³-hybridized carbons (Fsp3) is 0. The van der Waals surface area contributed by atoms with Gasteiger partial charge in [0.25, 0.3) is 0 Å². The van der Waals surface area contributed by atoms with E-state index >= 15 is 0 Å². The highest BCUT2D eigenvalue weighted by Crippen LogP contribution is 2.45. The number of hydrogen-bond acceptors (Lipinski definition) is 0. The van der Waals surface area contributed by atoms with Crippen LogP contribution in [-0.4, -0.2) is 4.57 Å². The molecule has 0 bridgehead atoms. The summed E-state index contributed by atoms with van der Waals surface area (Å²) in [7, 11) is 0. The van der Waals surface area contributed by atoms with Gasteiger partial charge in [0.1, 0.15) is 0 Å². The summed E-state index contributed by atoms with van der Waals surface area (Å²) >= 11 is 0. The van der Waals surface area contributed by atoms with Gasteiger partial charge >= 0.3 is 0 Å². The summed E-state index contributed by atoms with van der Waals surface area (Å²) in [6.45, 7) is 0. The third-order valence-electron chi connectivity index (χ3n) is 9.85. The minimum absolute atomic E-state index is 1.14. The molecule has 0 atom stereocenters. The van der Waals surface area contributed by atoms with Crippen molar-refractivity contribution in [3.8, 4) is 72.6 Å². The lowest BCUT2D eigenvalue weighted by Crippen LogP contribution is -1.97. The fourth-order valence-electron chi connectivity index (χ4n) is 7.28. The van der Waals surface area contributed by atoms with Gasteiger partial charge in [-0.3, -0.25) is 0 Å². The van der Waals surface area contributed by atoms with Crippen LogP contribution < -0.4 is 0 Å². The van der Waals surface area contributed by atoms with Gasteiger partial charge in [0, 0.05) is 16.6 Å². The van der Waals surface area contributed by atoms with Gasteiger partial charge in [-0.05, 0) is 79.9 Å². The van der Waals surface area contributed by atoms with E-state index in [2.05, 4.69) is 217 Å². The number of fused-ring (bicyclic) bond motifs is 1. The van der Waals surface area contributed by atoms with Crippen molar-refractivity contribution < 1.29 is 0 Å². The van der Waals surface area contributed by atoms with Crippen LogP contribution in [0.3, 0.4) is 0 Å². The maximum Gasteiger partial charge on any atom is 0.0619 e. The Morgan fingerprint density at radius 1 is 0.255 bits per heavy atom. The van der Waals surface area contributed by atoms with Crippen LogP contribution >= 0.6 is 0 Å². The molecule has 0 aliphatic carbocycles. The second-order valence-electron chi connectivity index (χ2n) is 13.0. The summed E-state index contributed by atoms with van der Waals surface area (Å²) in [5.41, 5.74) is 16.8. The highest BCUT2D eigenvalue weighted by Gasteiger charge is 2.22. The Balaban J connectivity index is 1.26. The number of nitrogens with zero attached hydrogens (tertiary/aromatic N) is 1. The van der Waals surface area contributed by atoms with E-state index in [9.17, 15) is 0 Å². The predicted molar refractivity (Wildman–Crippen MR) is 216 cm³/mol. The molecule has 1 heteroatoms. The normalized spacial score (nSPS) is 11.1. The smallest absolute Gasteiger partial charge is 0.0619 e. The van der Waals surface area contributed by atoms with Gasteiger partial charge in [-0.1, -0.05) is 188 Å². The molecule has 9 aromatic rings. The third kappa shape index (κ3) is 5.86. The molecular formula is C50H35N. The standard InChI is InChI=1S/C50H35N/c1-5-13-36(14-6-1)39-21-23-42(24-22-39)45-33-34-48-47(35-45)49(43-29-25-40(26-30-43)37-15-7-2-8-16-37)50(51(48)46-19-11-4-12-20-46)44-31-27-41(28-32-44)38-17-9-3-10-18-38/h1-35H. The lowest BCUT2D eigenvalue weighted by Gasteiger charge is -2.14. The maximum atomic E-state index is 2.44. The molecular weight excluding hydrogens is 615 g/mol. The molecule has 51 heavy (non-hydrogen) atoms. The topological polar surface area (TPSA) is 4.93 Å². The SMILES string of the molecule is c1ccc(-c2ccc(-c3ccc4c(c3)c(-c3ccc(-c5ccccc5)cc3)c(-c3ccc(-c5ccccc5)cc3)n4-c3ccccc3)cc2)cc1. The van der Waals surface area contributed by atoms with Gasteiger partial charge in [-0.2, -0.15) is 0 Å². The lowest BCUT2D eigenvalue weighted by molar-refractivity contribution is 1.13. The van der Waals surface area contributed by atoms with Gasteiger partial charge < -0.3 is 4.57 Å². The number of para-hydroxylation sites is 1. The number of hydrogen-bond donors (Lipinski definition) is 0. The minimum atomic E-state index is 1.14. The molecule has 0 saturated carbocycles. The summed E-state index contributed by atoms with van der Waals surface area (Å²) in [4.78, 5) is 0. The first-order chi connectivity index (χ1) is 25.3. The molecule has 0 radical (unpaired) electrons. The van der Waals surface area contributed by atoms with Gasteiger partial charge in [-0.25, -0.2) is 0 Å². The molecule has 0 N–H and O–H groups in total. The Labute approximate surface area is 299 Å². The molecule has 1 heterocycles. The summed E-state index contributed by atoms with van der Waals surface area (Å²) in [6.07, 6.45) is 0. The molecule has 0 aliphatic rings. The van der Waals surface area contributed by atoms with Crippen molar-refractivity contribution >= 4 is 10.9 Å². The Kier molecular flexibility index (Phi) is 7.92. The Bertz CT molecular complexity index is 2550. The van der Waals surface area contributed by atoms with Crippen molar-refractivity contribution in [1.82, 2.24) is 4.57 Å². The molecule has 0 spiro atoms. The van der Waals surface area contributed by atoms with Crippen molar-refractivity contribution in [3.05, 3.63) is 212 Å². The van der Waals surface area contributed by atoms with Crippen molar-refractivity contribution in [1.29, 1.82) is 0 Å². The first-order valence-corrected chi connectivity index (χ1v) is 17.5. The Hall–Kier alpha value is -6.70. The third-order valence-corrected chi connectivity index (χ3v) is 9.85. The monoisotopic (exact) mass is 649 g/mol. The van der Waals surface area contributed by atoms with Crippen LogP contribution in [-0.2, 0) is 0 Å². The Morgan fingerprint density at radius 3 is 1.04 bits per heavy atom. The summed E-state index contributed by atoms with van der Waals surface area (Å²) in [6, 6.07) is 76.6. The molecule has 240 valence electrons. The summed E-state index contributed by atoms with van der Waals surface area (Å²) in [5.74, 6) is 0. The van der Waals surface area contributed by atoms with E-state index < -0.39 is 0 Å². The largest absolute Gasteiger partial charge is 0.309 e. The maximum absolute atomic E-state index is 2.44. The molecule has 9 rings (SSSR count). The fourth-order valence-corrected chi connectivity index (χ4v) is 7.28. The van der Waals surface area contributed by atoms with Gasteiger partial charge in [0.15, 0.2) is 0 Å². The van der Waals surface area contributed by atoms with E-state index in [4.69, 9.17) is 0 Å². The zero-order valence-corrected chi connectivity index (χ0v) is 28.2. The van der Waals surface area contributed by atoms with Gasteiger partial charge in [0.2, 0.25) is 0 Å². The van der Waals surface area contributed by atoms with Crippen molar-refractivity contribution in [2.75, 3.05) is 0 Å². The summed E-state index contributed by atoms with van der Waals surface area (Å²) in [5, 5.41) is 1.22. The Morgan fingerprint density at radius 2 is 0.588 bits per heavy atom. The zero-order valence-electron chi connectivity index (χ0n) is 28.2. The van der Waals surface area contributed by atoms with E-state index in [1.807, 2.05) is 0 Å². The summed E-state index contributed by atoms with van der Waals surface area (Å²) < 4.78 is 2.44. The van der Waals surface area contributed by atoms with Gasteiger partial charge in [0.05, 0.1) is 11.2 Å². The quantitative estimate of drug-likeness (QED) is 0.162. The molecule has 0 aliphatic heterocycles. The van der Waals surface area contributed by atoms with E-state index in [-0.39, 0.29) is 0 Å². The van der Waals surface area contributed by atoms with E-state index in [0.29, 0.717) is 0 Å². The average Bonchev–Trinajstić information content (AvgIpc) is 3.57. The molecule has 1 nitrogen and oxygen atoms in total. The molecule has 0 fully saturated rings. The highest BCUT2D eigenvalue weighted by atomic mass is 15.0. The molecule has 8 aromatic carbocycles. The van der Waals surface area contributed by atoms with E-state index in [1.54, 1.807) is 0 Å². The van der Waals surface area contributed by atoms with E-state index in [0.717, 1.165) is 5.69 Å². The van der Waals surface area contributed by atoms with Crippen LogP contribution in [0, 0.1) is 0 Å². The first kappa shape index (κ1) is 30.4. The minimum Gasteiger partial charge on any atom is -0.309 e. The molecule has 0 unspecified atom stereocenters. The van der Waals surface area contributed by atoms with Crippen LogP contribution in [0.5, 0.6) is 0 Å².